The quantitative estimate of drug-likeness (QED) is 0.364. The first-order chi connectivity index (χ1) is 18.8. The number of piperidine rings is 1. The molecule has 5 rings (SSSR count). The molecule has 0 unspecified atom stereocenters. The van der Waals surface area contributed by atoms with Crippen LogP contribution in [0, 0.1) is 5.82 Å². The van der Waals surface area contributed by atoms with Gasteiger partial charge in [0.05, 0.1) is 38.0 Å². The van der Waals surface area contributed by atoms with Crippen LogP contribution in [0.2, 0.25) is 0 Å². The summed E-state index contributed by atoms with van der Waals surface area (Å²) in [5.74, 6) is 0.0542. The first-order valence-electron chi connectivity index (χ1n) is 12.3. The van der Waals surface area contributed by atoms with Crippen LogP contribution in [-0.2, 0) is 25.1 Å². The number of methoxy groups -OCH3 is 3. The number of halogens is 1. The average molecular weight is 565 g/mol. The highest BCUT2D eigenvalue weighted by Crippen LogP contribution is 2.36. The molecular weight excluding hydrogens is 535 g/mol. The molecule has 14 nitrogen and oxygen atoms in total. The summed E-state index contributed by atoms with van der Waals surface area (Å²) in [5.41, 5.74) is 0.281. The maximum atomic E-state index is 13.9. The van der Waals surface area contributed by atoms with Gasteiger partial charge >= 0.3 is 0 Å². The van der Waals surface area contributed by atoms with Crippen LogP contribution in [0.1, 0.15) is 37.0 Å². The van der Waals surface area contributed by atoms with E-state index in [0.717, 1.165) is 18.8 Å². The predicted molar refractivity (Wildman–Crippen MR) is 134 cm³/mol. The third kappa shape index (κ3) is 5.49. The van der Waals surface area contributed by atoms with Crippen molar-refractivity contribution in [3.8, 4) is 17.4 Å². The molecule has 0 aliphatic carbocycles. The second-order valence-corrected chi connectivity index (χ2v) is 11.5. The van der Waals surface area contributed by atoms with Gasteiger partial charge in [-0.1, -0.05) is 0 Å². The summed E-state index contributed by atoms with van der Waals surface area (Å²) in [6.45, 7) is 1.01. The lowest BCUT2D eigenvalue weighted by Gasteiger charge is -2.36. The highest BCUT2D eigenvalue weighted by molar-refractivity contribution is 7.91. The molecule has 0 N–H and O–H groups in total. The van der Waals surface area contributed by atoms with Crippen LogP contribution in [0.5, 0.6) is 11.8 Å². The van der Waals surface area contributed by atoms with Gasteiger partial charge in [-0.2, -0.15) is 9.97 Å². The van der Waals surface area contributed by atoms with Gasteiger partial charge in [0.25, 0.3) is 0 Å². The molecule has 0 spiro atoms. The molecule has 210 valence electrons. The minimum absolute atomic E-state index is 0.0989. The first-order valence-corrected chi connectivity index (χ1v) is 14.0. The molecule has 3 aromatic rings. The van der Waals surface area contributed by atoms with Crippen LogP contribution in [-0.4, -0.2) is 95.5 Å². The Morgan fingerprint density at radius 3 is 2.38 bits per heavy atom. The zero-order valence-electron chi connectivity index (χ0n) is 21.7. The summed E-state index contributed by atoms with van der Waals surface area (Å²) < 4.78 is 65.0. The van der Waals surface area contributed by atoms with Gasteiger partial charge in [0.15, 0.2) is 33.0 Å². The zero-order valence-corrected chi connectivity index (χ0v) is 22.5. The Kier molecular flexibility index (Phi) is 7.86. The van der Waals surface area contributed by atoms with Crippen molar-refractivity contribution >= 4 is 15.8 Å². The Labute approximate surface area is 224 Å². The Bertz CT molecular complexity index is 1380. The van der Waals surface area contributed by atoms with Crippen LogP contribution in [0.25, 0.3) is 5.69 Å². The van der Waals surface area contributed by atoms with E-state index in [0.29, 0.717) is 25.4 Å². The van der Waals surface area contributed by atoms with Crippen LogP contribution in [0.15, 0.2) is 18.7 Å². The summed E-state index contributed by atoms with van der Waals surface area (Å²) in [6, 6.07) is 0. The van der Waals surface area contributed by atoms with Gasteiger partial charge in [-0.25, -0.2) is 22.8 Å². The van der Waals surface area contributed by atoms with Gasteiger partial charge < -0.3 is 23.8 Å². The fourth-order valence-electron chi connectivity index (χ4n) is 4.86. The number of nitrogens with zero attached hydrogens (tertiary/aromatic N) is 8. The molecule has 0 aromatic carbocycles. The largest absolute Gasteiger partial charge is 0.479 e. The van der Waals surface area contributed by atoms with E-state index >= 15 is 0 Å². The molecule has 0 radical (unpaired) electrons. The van der Waals surface area contributed by atoms with Gasteiger partial charge in [0.1, 0.15) is 18.2 Å². The predicted octanol–water partition coefficient (Wildman–Crippen LogP) is 1.06. The number of aromatic nitrogens is 7. The molecule has 3 atom stereocenters. The zero-order chi connectivity index (χ0) is 27.6. The lowest BCUT2D eigenvalue weighted by Crippen LogP contribution is -2.50. The molecule has 16 heteroatoms. The van der Waals surface area contributed by atoms with Gasteiger partial charge in [-0.3, -0.25) is 4.57 Å². The van der Waals surface area contributed by atoms with Crippen molar-refractivity contribution in [2.45, 2.75) is 42.5 Å². The molecule has 0 saturated carbocycles. The minimum Gasteiger partial charge on any atom is -0.479 e. The maximum absolute atomic E-state index is 13.9. The van der Waals surface area contributed by atoms with Crippen LogP contribution in [0.4, 0.5) is 10.3 Å². The third-order valence-electron chi connectivity index (χ3n) is 6.77. The van der Waals surface area contributed by atoms with Crippen molar-refractivity contribution in [3.05, 3.63) is 36.2 Å². The molecule has 2 fully saturated rings. The monoisotopic (exact) mass is 564 g/mol. The van der Waals surface area contributed by atoms with E-state index in [9.17, 15) is 12.8 Å². The topological polar surface area (TPSA) is 157 Å². The van der Waals surface area contributed by atoms with Crippen LogP contribution < -0.4 is 14.4 Å². The van der Waals surface area contributed by atoms with Gasteiger partial charge in [-0.15, -0.1) is 10.2 Å². The molecule has 2 saturated heterocycles. The van der Waals surface area contributed by atoms with Gasteiger partial charge in [-0.05, 0) is 19.3 Å². The second-order valence-electron chi connectivity index (χ2n) is 9.18. The number of hydrogen-bond donors (Lipinski definition) is 0. The number of sulfone groups is 1. The highest BCUT2D eigenvalue weighted by Gasteiger charge is 2.39. The normalized spacial score (nSPS) is 21.7. The summed E-state index contributed by atoms with van der Waals surface area (Å²) in [5, 5.41) is 7.74. The van der Waals surface area contributed by atoms with E-state index in [1.165, 1.54) is 27.7 Å². The van der Waals surface area contributed by atoms with Gasteiger partial charge in [0.2, 0.25) is 17.7 Å². The minimum atomic E-state index is -3.85. The fraction of sp³-hybridized carbons (Fsp3) is 0.565. The van der Waals surface area contributed by atoms with E-state index in [1.54, 1.807) is 9.47 Å². The van der Waals surface area contributed by atoms with Crippen molar-refractivity contribution in [1.29, 1.82) is 0 Å². The molecule has 2 aliphatic heterocycles. The lowest BCUT2D eigenvalue weighted by atomic mass is 10.1. The third-order valence-corrected chi connectivity index (χ3v) is 8.79. The van der Waals surface area contributed by atoms with E-state index in [1.807, 2.05) is 0 Å². The molecule has 5 heterocycles. The molecule has 0 bridgehead atoms. The molecule has 39 heavy (non-hydrogen) atoms. The van der Waals surface area contributed by atoms with E-state index < -0.39 is 38.9 Å². The Morgan fingerprint density at radius 2 is 1.77 bits per heavy atom. The standard InChI is InChI=1S/C23H29FN8O6S/c1-35-15-7-16(11-31(10-15)23-25-8-14(24)9-26-23)39(33,34)12-18-29-30-20(17-5-4-6-38-17)32(18)19-21(36-2)27-13-28-22(19)37-3/h8-9,13,15-17H,4-7,10-12H2,1-3H3/t15-,16+,17+/m1/s1. The van der Waals surface area contributed by atoms with Crippen LogP contribution >= 0.6 is 0 Å². The summed E-state index contributed by atoms with van der Waals surface area (Å²) >= 11 is 0. The summed E-state index contributed by atoms with van der Waals surface area (Å²) in [7, 11) is 0.552. The van der Waals surface area contributed by atoms with Crippen molar-refractivity contribution < 1.29 is 31.8 Å². The summed E-state index contributed by atoms with van der Waals surface area (Å²) in [4.78, 5) is 18.1. The molecule has 3 aromatic heterocycles. The van der Waals surface area contributed by atoms with E-state index in [-0.39, 0.29) is 42.2 Å². The van der Waals surface area contributed by atoms with Gasteiger partial charge in [0, 0.05) is 26.8 Å². The van der Waals surface area contributed by atoms with Crippen molar-refractivity contribution in [2.24, 2.45) is 0 Å². The van der Waals surface area contributed by atoms with E-state index in [2.05, 4.69) is 30.1 Å². The number of ether oxygens (including phenoxy) is 4. The first kappa shape index (κ1) is 27.1. The number of hydrogen-bond acceptors (Lipinski definition) is 13. The maximum Gasteiger partial charge on any atom is 0.245 e. The number of anilines is 1. The molecular formula is C23H29FN8O6S. The average Bonchev–Trinajstić information content (AvgIpc) is 3.62. The smallest absolute Gasteiger partial charge is 0.245 e. The van der Waals surface area contributed by atoms with E-state index in [4.69, 9.17) is 18.9 Å². The Morgan fingerprint density at radius 1 is 1.05 bits per heavy atom. The SMILES string of the molecule is COc1ncnc(OC)c1-n1c(CS(=O)(=O)[C@H]2C[C@@H](OC)CN(c3ncc(F)cn3)C2)nnc1[C@@H]1CCCO1. The molecule has 0 amide bonds. The number of rotatable bonds is 9. The Balaban J connectivity index is 1.52. The lowest BCUT2D eigenvalue weighted by molar-refractivity contribution is 0.0897. The van der Waals surface area contributed by atoms with Crippen molar-refractivity contribution in [3.63, 3.8) is 0 Å². The summed E-state index contributed by atoms with van der Waals surface area (Å²) in [6.07, 6.45) is 4.33. The fourth-order valence-corrected chi connectivity index (χ4v) is 6.56. The van der Waals surface area contributed by atoms with Crippen molar-refractivity contribution in [2.75, 3.05) is 45.9 Å². The second kappa shape index (κ2) is 11.3. The van der Waals surface area contributed by atoms with Crippen LogP contribution in [0.3, 0.4) is 0 Å². The van der Waals surface area contributed by atoms with Crippen molar-refractivity contribution in [1.82, 2.24) is 34.7 Å². The highest BCUT2D eigenvalue weighted by atomic mass is 32.2. The Hall–Kier alpha value is -3.50. The molecule has 2 aliphatic rings.